The predicted molar refractivity (Wildman–Crippen MR) is 81.9 cm³/mol. The molecule has 1 atom stereocenters. The van der Waals surface area contributed by atoms with Crippen LogP contribution in [0.3, 0.4) is 0 Å². The smallest absolute Gasteiger partial charge is 0.215 e. The molecular weight excluding hydrogens is 290 g/mol. The second kappa shape index (κ2) is 7.24. The highest BCUT2D eigenvalue weighted by molar-refractivity contribution is 7.90. The quantitative estimate of drug-likeness (QED) is 0.875. The minimum Gasteiger partial charge on any atom is -0.497 e. The molecule has 118 valence electrons. The number of nitrogens with one attached hydrogen (secondary N) is 1. The zero-order valence-corrected chi connectivity index (χ0v) is 13.4. The van der Waals surface area contributed by atoms with Crippen LogP contribution in [0.5, 0.6) is 5.75 Å². The highest BCUT2D eigenvalue weighted by Gasteiger charge is 2.29. The summed E-state index contributed by atoms with van der Waals surface area (Å²) in [5.41, 5.74) is 0.953. The third-order valence-electron chi connectivity index (χ3n) is 3.84. The van der Waals surface area contributed by atoms with Crippen molar-refractivity contribution in [2.45, 2.75) is 37.5 Å². The van der Waals surface area contributed by atoms with Gasteiger partial charge in [-0.15, -0.1) is 0 Å². The van der Waals surface area contributed by atoms with Gasteiger partial charge in [0.2, 0.25) is 10.0 Å². The first kappa shape index (κ1) is 16.3. The van der Waals surface area contributed by atoms with E-state index in [0.29, 0.717) is 32.5 Å². The Hall–Kier alpha value is -1.11. The Morgan fingerprint density at radius 1 is 1.29 bits per heavy atom. The van der Waals surface area contributed by atoms with E-state index in [-0.39, 0.29) is 11.3 Å². The summed E-state index contributed by atoms with van der Waals surface area (Å²) in [6.45, 7) is 3.01. The van der Waals surface area contributed by atoms with Crippen molar-refractivity contribution < 1.29 is 17.9 Å². The minimum atomic E-state index is -3.32. The van der Waals surface area contributed by atoms with Crippen molar-refractivity contribution in [1.82, 2.24) is 4.72 Å². The van der Waals surface area contributed by atoms with Gasteiger partial charge in [0.25, 0.3) is 0 Å². The van der Waals surface area contributed by atoms with Crippen molar-refractivity contribution in [3.05, 3.63) is 29.8 Å². The van der Waals surface area contributed by atoms with Crippen molar-refractivity contribution in [3.8, 4) is 5.75 Å². The average Bonchev–Trinajstić information content (AvgIpc) is 2.53. The van der Waals surface area contributed by atoms with Crippen molar-refractivity contribution in [2.24, 2.45) is 0 Å². The van der Waals surface area contributed by atoms with E-state index in [1.807, 2.05) is 31.2 Å². The van der Waals surface area contributed by atoms with E-state index in [0.717, 1.165) is 11.3 Å². The van der Waals surface area contributed by atoms with Gasteiger partial charge in [-0.1, -0.05) is 19.1 Å². The number of rotatable bonds is 6. The van der Waals surface area contributed by atoms with Gasteiger partial charge in [-0.2, -0.15) is 0 Å². The fourth-order valence-electron chi connectivity index (χ4n) is 2.50. The molecule has 1 N–H and O–H groups in total. The molecule has 1 heterocycles. The molecule has 0 spiro atoms. The Balaban J connectivity index is 2.09. The highest BCUT2D eigenvalue weighted by Crippen LogP contribution is 2.23. The molecule has 0 amide bonds. The summed E-state index contributed by atoms with van der Waals surface area (Å²) in [5.74, 6) is 0.765. The molecule has 0 aliphatic carbocycles. The Morgan fingerprint density at radius 3 is 2.43 bits per heavy atom. The molecule has 0 unspecified atom stereocenters. The molecule has 0 aromatic heterocycles. The SMILES string of the molecule is CC[C@H](NS(=O)(=O)C1CCOCC1)c1ccc(OC)cc1. The Bertz CT molecular complexity index is 535. The first-order valence-electron chi connectivity index (χ1n) is 7.29. The summed E-state index contributed by atoms with van der Waals surface area (Å²) in [6, 6.07) is 7.30. The molecule has 0 radical (unpaired) electrons. The maximum atomic E-state index is 12.5. The van der Waals surface area contributed by atoms with Crippen LogP contribution in [0.2, 0.25) is 0 Å². The first-order valence-corrected chi connectivity index (χ1v) is 8.84. The van der Waals surface area contributed by atoms with Crippen LogP contribution in [-0.2, 0) is 14.8 Å². The molecule has 0 bridgehead atoms. The summed E-state index contributed by atoms with van der Waals surface area (Å²) in [6.07, 6.45) is 1.83. The zero-order valence-electron chi connectivity index (χ0n) is 12.5. The fraction of sp³-hybridized carbons (Fsp3) is 0.600. The lowest BCUT2D eigenvalue weighted by Gasteiger charge is -2.25. The molecule has 1 aromatic carbocycles. The van der Waals surface area contributed by atoms with Crippen LogP contribution < -0.4 is 9.46 Å². The predicted octanol–water partition coefficient (Wildman–Crippen LogP) is 2.24. The van der Waals surface area contributed by atoms with Crippen molar-refractivity contribution in [2.75, 3.05) is 20.3 Å². The Labute approximate surface area is 126 Å². The second-order valence-electron chi connectivity index (χ2n) is 5.21. The molecule has 0 saturated carbocycles. The van der Waals surface area contributed by atoms with Crippen LogP contribution in [0.1, 0.15) is 37.8 Å². The molecular formula is C15H23NO4S. The average molecular weight is 313 g/mol. The van der Waals surface area contributed by atoms with Gasteiger partial charge in [0.15, 0.2) is 0 Å². The van der Waals surface area contributed by atoms with Crippen LogP contribution in [0.4, 0.5) is 0 Å². The third-order valence-corrected chi connectivity index (χ3v) is 5.80. The summed E-state index contributed by atoms with van der Waals surface area (Å²) < 4.78 is 38.1. The summed E-state index contributed by atoms with van der Waals surface area (Å²) in [4.78, 5) is 0. The van der Waals surface area contributed by atoms with Crippen LogP contribution in [0, 0.1) is 0 Å². The summed E-state index contributed by atoms with van der Waals surface area (Å²) >= 11 is 0. The van der Waals surface area contributed by atoms with Crippen molar-refractivity contribution in [1.29, 1.82) is 0 Å². The minimum absolute atomic E-state index is 0.205. The van der Waals surface area contributed by atoms with E-state index in [1.54, 1.807) is 7.11 Å². The molecule has 1 aromatic rings. The monoisotopic (exact) mass is 313 g/mol. The van der Waals surface area contributed by atoms with E-state index in [4.69, 9.17) is 9.47 Å². The number of benzene rings is 1. The van der Waals surface area contributed by atoms with Crippen molar-refractivity contribution >= 4 is 10.0 Å². The van der Waals surface area contributed by atoms with E-state index in [2.05, 4.69) is 4.72 Å². The Kier molecular flexibility index (Phi) is 5.61. The number of hydrogen-bond donors (Lipinski definition) is 1. The molecule has 1 aliphatic heterocycles. The number of ether oxygens (including phenoxy) is 2. The van der Waals surface area contributed by atoms with Crippen LogP contribution in [0.15, 0.2) is 24.3 Å². The van der Waals surface area contributed by atoms with Crippen LogP contribution in [-0.4, -0.2) is 34.0 Å². The van der Waals surface area contributed by atoms with Crippen molar-refractivity contribution in [3.63, 3.8) is 0 Å². The zero-order chi connectivity index (χ0) is 15.3. The molecule has 2 rings (SSSR count). The van der Waals surface area contributed by atoms with Crippen LogP contribution in [0.25, 0.3) is 0 Å². The lowest BCUT2D eigenvalue weighted by atomic mass is 10.1. The molecule has 6 heteroatoms. The maximum Gasteiger partial charge on any atom is 0.215 e. The van der Waals surface area contributed by atoms with E-state index in [9.17, 15) is 8.42 Å². The lowest BCUT2D eigenvalue weighted by molar-refractivity contribution is 0.0980. The number of sulfonamides is 1. The second-order valence-corrected chi connectivity index (χ2v) is 7.20. The summed E-state index contributed by atoms with van der Waals surface area (Å²) in [7, 11) is -1.71. The van der Waals surface area contributed by atoms with Crippen LogP contribution >= 0.6 is 0 Å². The van der Waals surface area contributed by atoms with E-state index < -0.39 is 10.0 Å². The first-order chi connectivity index (χ1) is 10.1. The molecule has 21 heavy (non-hydrogen) atoms. The highest BCUT2D eigenvalue weighted by atomic mass is 32.2. The standard InChI is InChI=1S/C15H23NO4S/c1-3-15(12-4-6-13(19-2)7-5-12)16-21(17,18)14-8-10-20-11-9-14/h4-7,14-16H,3,8-11H2,1-2H3/t15-/m0/s1. The van der Waals surface area contributed by atoms with Gasteiger partial charge in [-0.05, 0) is 37.0 Å². The van der Waals surface area contributed by atoms with Gasteiger partial charge in [0.05, 0.1) is 12.4 Å². The topological polar surface area (TPSA) is 64.6 Å². The summed E-state index contributed by atoms with van der Waals surface area (Å²) in [5, 5.41) is -0.349. The fourth-order valence-corrected chi connectivity index (χ4v) is 4.21. The number of hydrogen-bond acceptors (Lipinski definition) is 4. The molecule has 1 fully saturated rings. The lowest BCUT2D eigenvalue weighted by Crippen LogP contribution is -2.39. The van der Waals surface area contributed by atoms with E-state index in [1.165, 1.54) is 0 Å². The normalized spacial score (nSPS) is 18.4. The van der Waals surface area contributed by atoms with Gasteiger partial charge < -0.3 is 9.47 Å². The van der Waals surface area contributed by atoms with Gasteiger partial charge >= 0.3 is 0 Å². The Morgan fingerprint density at radius 2 is 1.90 bits per heavy atom. The molecule has 1 aliphatic rings. The number of methoxy groups -OCH3 is 1. The molecule has 1 saturated heterocycles. The van der Waals surface area contributed by atoms with Gasteiger partial charge in [0, 0.05) is 19.3 Å². The largest absolute Gasteiger partial charge is 0.497 e. The van der Waals surface area contributed by atoms with Gasteiger partial charge in [0.1, 0.15) is 5.75 Å². The molecule has 5 nitrogen and oxygen atoms in total. The third kappa shape index (κ3) is 4.18. The van der Waals surface area contributed by atoms with E-state index >= 15 is 0 Å². The maximum absolute atomic E-state index is 12.5. The van der Waals surface area contributed by atoms with Gasteiger partial charge in [-0.3, -0.25) is 0 Å². The van der Waals surface area contributed by atoms with Gasteiger partial charge in [-0.25, -0.2) is 13.1 Å².